The molecule has 1 aromatic heterocycles. The van der Waals surface area contributed by atoms with E-state index >= 15 is 0 Å². The summed E-state index contributed by atoms with van der Waals surface area (Å²) in [6.45, 7) is 7.87. The molecule has 0 N–H and O–H groups in total. The molecular weight excluding hydrogens is 408 g/mol. The second-order valence-electron chi connectivity index (χ2n) is 7.79. The van der Waals surface area contributed by atoms with E-state index in [1.807, 2.05) is 54.6 Å². The second kappa shape index (κ2) is 12.3. The fraction of sp³-hybridized carbons (Fsp3) is 0.241. The van der Waals surface area contributed by atoms with Gasteiger partial charge in [-0.3, -0.25) is 9.78 Å². The molecule has 4 heteroatoms. The molecule has 0 bridgehead atoms. The lowest BCUT2D eigenvalue weighted by molar-refractivity contribution is -0.113. The van der Waals surface area contributed by atoms with Crippen molar-refractivity contribution in [2.24, 2.45) is 0 Å². The fourth-order valence-corrected chi connectivity index (χ4v) is 3.45. The van der Waals surface area contributed by atoms with Crippen molar-refractivity contribution in [1.82, 2.24) is 4.98 Å². The van der Waals surface area contributed by atoms with Crippen LogP contribution < -0.4 is 4.90 Å². The quantitative estimate of drug-likeness (QED) is 0.302. The number of benzene rings is 2. The van der Waals surface area contributed by atoms with Gasteiger partial charge in [0, 0.05) is 48.9 Å². The number of hydrogen-bond acceptors (Lipinski definition) is 4. The molecule has 0 radical (unpaired) electrons. The maximum atomic E-state index is 12.4. The van der Waals surface area contributed by atoms with E-state index in [2.05, 4.69) is 47.4 Å². The third kappa shape index (κ3) is 7.36. The minimum Gasteiger partial charge on any atom is -0.502 e. The summed E-state index contributed by atoms with van der Waals surface area (Å²) >= 11 is 0. The van der Waals surface area contributed by atoms with E-state index in [0.717, 1.165) is 59.8 Å². The van der Waals surface area contributed by atoms with E-state index in [1.54, 1.807) is 13.3 Å². The molecule has 1 heterocycles. The monoisotopic (exact) mass is 438 g/mol. The van der Waals surface area contributed by atoms with E-state index in [1.165, 1.54) is 0 Å². The minimum absolute atomic E-state index is 0.114. The molecule has 0 saturated carbocycles. The highest BCUT2D eigenvalue weighted by Gasteiger charge is 2.08. The number of rotatable bonds is 10. The number of ketones is 1. The fourth-order valence-electron chi connectivity index (χ4n) is 3.45. The molecule has 0 aliphatic rings. The van der Waals surface area contributed by atoms with E-state index in [-0.39, 0.29) is 12.2 Å². The molecule has 0 saturated heterocycles. The molecule has 0 spiro atoms. The molecule has 0 unspecified atom stereocenters. The Hall–Kier alpha value is -3.84. The molecule has 0 aliphatic heterocycles. The smallest absolute Gasteiger partial charge is 0.210 e. The Bertz CT molecular complexity index is 1110. The Kier molecular flexibility index (Phi) is 8.85. The van der Waals surface area contributed by atoms with Crippen LogP contribution in [0.15, 0.2) is 85.3 Å². The standard InChI is InChI=1S/C29H30N2O2/c1-4-19-31(20-18-23(2)33-3)27-14-10-24(11-15-27)21-28(32)16-12-25-13-17-29(30-22-25)26-8-6-5-7-9-26/h5-11,13-15,17,22H,2,4,18-21H2,1,3H3. The third-order valence-corrected chi connectivity index (χ3v) is 5.29. The molecule has 3 aromatic rings. The Labute approximate surface area is 196 Å². The summed E-state index contributed by atoms with van der Waals surface area (Å²) in [5.74, 6) is 6.34. The maximum absolute atomic E-state index is 12.4. The average Bonchev–Trinajstić information content (AvgIpc) is 2.86. The van der Waals surface area contributed by atoms with Crippen molar-refractivity contribution in [3.05, 3.63) is 96.4 Å². The van der Waals surface area contributed by atoms with Crippen LogP contribution >= 0.6 is 0 Å². The van der Waals surface area contributed by atoms with Gasteiger partial charge in [-0.2, -0.15) is 0 Å². The maximum Gasteiger partial charge on any atom is 0.210 e. The van der Waals surface area contributed by atoms with Crippen molar-refractivity contribution in [3.63, 3.8) is 0 Å². The van der Waals surface area contributed by atoms with Gasteiger partial charge < -0.3 is 9.64 Å². The number of aromatic nitrogens is 1. The summed E-state index contributed by atoms with van der Waals surface area (Å²) in [5, 5.41) is 0. The largest absolute Gasteiger partial charge is 0.502 e. The minimum atomic E-state index is -0.114. The lowest BCUT2D eigenvalue weighted by Gasteiger charge is -2.24. The highest BCUT2D eigenvalue weighted by molar-refractivity contribution is 5.97. The first-order valence-corrected chi connectivity index (χ1v) is 11.2. The number of ether oxygens (including phenoxy) is 1. The number of anilines is 1. The van der Waals surface area contributed by atoms with Gasteiger partial charge in [0.15, 0.2) is 0 Å². The zero-order valence-corrected chi connectivity index (χ0v) is 19.4. The van der Waals surface area contributed by atoms with Crippen LogP contribution in [0.1, 0.15) is 30.9 Å². The lowest BCUT2D eigenvalue weighted by atomic mass is 10.1. The number of hydrogen-bond donors (Lipinski definition) is 0. The van der Waals surface area contributed by atoms with E-state index in [9.17, 15) is 4.79 Å². The van der Waals surface area contributed by atoms with Crippen molar-refractivity contribution in [2.45, 2.75) is 26.2 Å². The van der Waals surface area contributed by atoms with Gasteiger partial charge in [0.2, 0.25) is 5.78 Å². The van der Waals surface area contributed by atoms with Gasteiger partial charge in [-0.1, -0.05) is 61.9 Å². The van der Waals surface area contributed by atoms with Crippen LogP contribution in [0.2, 0.25) is 0 Å². The molecule has 168 valence electrons. The molecule has 0 amide bonds. The van der Waals surface area contributed by atoms with Crippen molar-refractivity contribution in [1.29, 1.82) is 0 Å². The van der Waals surface area contributed by atoms with Crippen LogP contribution in [0.5, 0.6) is 0 Å². The second-order valence-corrected chi connectivity index (χ2v) is 7.79. The number of nitrogens with zero attached hydrogens (tertiary/aromatic N) is 2. The molecule has 0 fully saturated rings. The van der Waals surface area contributed by atoms with Crippen molar-refractivity contribution < 1.29 is 9.53 Å². The highest BCUT2D eigenvalue weighted by atomic mass is 16.5. The predicted octanol–water partition coefficient (Wildman–Crippen LogP) is 5.68. The zero-order chi connectivity index (χ0) is 23.5. The number of methoxy groups -OCH3 is 1. The first-order chi connectivity index (χ1) is 16.1. The summed E-state index contributed by atoms with van der Waals surface area (Å²) < 4.78 is 5.18. The van der Waals surface area contributed by atoms with Crippen LogP contribution in [0, 0.1) is 11.8 Å². The summed E-state index contributed by atoms with van der Waals surface area (Å²) in [6.07, 6.45) is 3.83. The molecule has 4 nitrogen and oxygen atoms in total. The van der Waals surface area contributed by atoms with Crippen LogP contribution in [-0.2, 0) is 16.0 Å². The van der Waals surface area contributed by atoms with Gasteiger partial charge in [-0.25, -0.2) is 0 Å². The Morgan fingerprint density at radius 1 is 1.03 bits per heavy atom. The third-order valence-electron chi connectivity index (χ3n) is 5.29. The summed E-state index contributed by atoms with van der Waals surface area (Å²) in [4.78, 5) is 19.1. The van der Waals surface area contributed by atoms with Crippen LogP contribution in [0.4, 0.5) is 5.69 Å². The number of carbonyl (C=O) groups excluding carboxylic acids is 1. The zero-order valence-electron chi connectivity index (χ0n) is 19.4. The Morgan fingerprint density at radius 2 is 1.79 bits per heavy atom. The highest BCUT2D eigenvalue weighted by Crippen LogP contribution is 2.18. The SMILES string of the molecule is C=C(CCN(CCC)c1ccc(CC(=O)C#Cc2ccc(-c3ccccc3)nc2)cc1)OC. The average molecular weight is 439 g/mol. The van der Waals surface area contributed by atoms with E-state index in [0.29, 0.717) is 0 Å². The molecular formula is C29H30N2O2. The Morgan fingerprint density at radius 3 is 2.42 bits per heavy atom. The summed E-state index contributed by atoms with van der Waals surface area (Å²) in [5.41, 5.74) is 4.75. The van der Waals surface area contributed by atoms with Gasteiger partial charge in [-0.15, -0.1) is 0 Å². The first-order valence-electron chi connectivity index (χ1n) is 11.2. The van der Waals surface area contributed by atoms with Gasteiger partial charge in [0.1, 0.15) is 0 Å². The van der Waals surface area contributed by atoms with Crippen LogP contribution in [-0.4, -0.2) is 31.0 Å². The number of Topliss-reactive ketones (excluding diaryl/α,β-unsaturated/α-hetero) is 1. The normalized spacial score (nSPS) is 10.1. The number of carbonyl (C=O) groups is 1. The Balaban J connectivity index is 1.58. The van der Waals surface area contributed by atoms with E-state index in [4.69, 9.17) is 4.74 Å². The number of pyridine rings is 1. The van der Waals surface area contributed by atoms with Gasteiger partial charge in [0.25, 0.3) is 0 Å². The van der Waals surface area contributed by atoms with Crippen molar-refractivity contribution in [2.75, 3.05) is 25.1 Å². The lowest BCUT2D eigenvalue weighted by Crippen LogP contribution is -2.25. The first kappa shape index (κ1) is 23.8. The molecule has 0 atom stereocenters. The molecule has 33 heavy (non-hydrogen) atoms. The van der Waals surface area contributed by atoms with E-state index < -0.39 is 0 Å². The van der Waals surface area contributed by atoms with Crippen molar-refractivity contribution >= 4 is 11.5 Å². The predicted molar refractivity (Wildman–Crippen MR) is 135 cm³/mol. The van der Waals surface area contributed by atoms with Gasteiger partial charge >= 0.3 is 0 Å². The van der Waals surface area contributed by atoms with Gasteiger partial charge in [-0.05, 0) is 42.2 Å². The van der Waals surface area contributed by atoms with Crippen LogP contribution in [0.3, 0.4) is 0 Å². The summed E-state index contributed by atoms with van der Waals surface area (Å²) in [7, 11) is 1.65. The van der Waals surface area contributed by atoms with Gasteiger partial charge in [0.05, 0.1) is 18.6 Å². The molecule has 0 aliphatic carbocycles. The summed E-state index contributed by atoms with van der Waals surface area (Å²) in [6, 6.07) is 21.9. The topological polar surface area (TPSA) is 42.4 Å². The van der Waals surface area contributed by atoms with Crippen LogP contribution in [0.25, 0.3) is 11.3 Å². The van der Waals surface area contributed by atoms with Crippen molar-refractivity contribution in [3.8, 4) is 23.1 Å². The molecule has 2 aromatic carbocycles. The molecule has 3 rings (SSSR count).